The molecule has 0 amide bonds. The molecule has 0 fully saturated rings. The molecule has 4 aromatic carbocycles. The van der Waals surface area contributed by atoms with E-state index < -0.39 is 0 Å². The molecule has 4 rings (SSSR count). The van der Waals surface area contributed by atoms with Crippen molar-refractivity contribution >= 4 is 27.2 Å². The highest BCUT2D eigenvalue weighted by molar-refractivity contribution is 5.88. The first-order valence-corrected chi connectivity index (χ1v) is 7.73. The van der Waals surface area contributed by atoms with Crippen LogP contribution in [-0.4, -0.2) is 5.11 Å². The molecule has 0 saturated heterocycles. The first-order chi connectivity index (χ1) is 11.3. The summed E-state index contributed by atoms with van der Waals surface area (Å²) in [6.07, 6.45) is 0. The fraction of sp³-hybridized carbons (Fsp3) is 0.0476. The van der Waals surface area contributed by atoms with Crippen molar-refractivity contribution in [3.8, 4) is 5.75 Å². The van der Waals surface area contributed by atoms with E-state index in [1.54, 1.807) is 6.07 Å². The average Bonchev–Trinajstić information content (AvgIpc) is 2.61. The molecular formula is C21H17NO. The predicted molar refractivity (Wildman–Crippen MR) is 96.9 cm³/mol. The van der Waals surface area contributed by atoms with Gasteiger partial charge in [0.2, 0.25) is 0 Å². The molecule has 0 radical (unpaired) electrons. The molecular weight excluding hydrogens is 282 g/mol. The van der Waals surface area contributed by atoms with Crippen LogP contribution in [0.5, 0.6) is 5.75 Å². The van der Waals surface area contributed by atoms with Crippen LogP contribution in [0.3, 0.4) is 0 Å². The number of phenols is 1. The van der Waals surface area contributed by atoms with Crippen molar-refractivity contribution in [2.45, 2.75) is 6.54 Å². The van der Waals surface area contributed by atoms with E-state index in [1.165, 1.54) is 10.8 Å². The van der Waals surface area contributed by atoms with Gasteiger partial charge in [-0.3, -0.25) is 0 Å². The van der Waals surface area contributed by atoms with Gasteiger partial charge in [0.05, 0.1) is 0 Å². The second-order valence-corrected chi connectivity index (χ2v) is 5.70. The van der Waals surface area contributed by atoms with Gasteiger partial charge in [0, 0.05) is 17.8 Å². The highest BCUT2D eigenvalue weighted by atomic mass is 16.3. The first kappa shape index (κ1) is 13.6. The van der Waals surface area contributed by atoms with Crippen molar-refractivity contribution in [2.24, 2.45) is 0 Å². The number of anilines is 1. The van der Waals surface area contributed by atoms with Gasteiger partial charge in [-0.1, -0.05) is 60.7 Å². The van der Waals surface area contributed by atoms with Crippen LogP contribution in [0.25, 0.3) is 21.5 Å². The Kier molecular flexibility index (Phi) is 3.35. The summed E-state index contributed by atoms with van der Waals surface area (Å²) in [6, 6.07) is 26.5. The highest BCUT2D eigenvalue weighted by Gasteiger charge is 2.06. The monoisotopic (exact) mass is 299 g/mol. The Morgan fingerprint density at radius 3 is 2.26 bits per heavy atom. The SMILES string of the molecule is Oc1ccc2ccccc2c1CNc1ccc2ccccc2c1. The van der Waals surface area contributed by atoms with Gasteiger partial charge >= 0.3 is 0 Å². The summed E-state index contributed by atoms with van der Waals surface area (Å²) in [4.78, 5) is 0. The van der Waals surface area contributed by atoms with Crippen LogP contribution in [0.1, 0.15) is 5.56 Å². The maximum Gasteiger partial charge on any atom is 0.121 e. The zero-order valence-corrected chi connectivity index (χ0v) is 12.7. The van der Waals surface area contributed by atoms with E-state index in [9.17, 15) is 5.11 Å². The van der Waals surface area contributed by atoms with Crippen LogP contribution in [0.2, 0.25) is 0 Å². The number of phenolic OH excluding ortho intramolecular Hbond substituents is 1. The smallest absolute Gasteiger partial charge is 0.121 e. The van der Waals surface area contributed by atoms with Gasteiger partial charge in [-0.05, 0) is 39.7 Å². The van der Waals surface area contributed by atoms with Gasteiger partial charge in [-0.25, -0.2) is 0 Å². The van der Waals surface area contributed by atoms with E-state index >= 15 is 0 Å². The fourth-order valence-electron chi connectivity index (χ4n) is 3.00. The molecule has 0 bridgehead atoms. The molecule has 23 heavy (non-hydrogen) atoms. The molecule has 0 aliphatic heterocycles. The van der Waals surface area contributed by atoms with Crippen molar-refractivity contribution in [1.82, 2.24) is 0 Å². The third-order valence-electron chi connectivity index (χ3n) is 4.23. The van der Waals surface area contributed by atoms with Gasteiger partial charge in [-0.2, -0.15) is 0 Å². The Morgan fingerprint density at radius 1 is 0.696 bits per heavy atom. The van der Waals surface area contributed by atoms with E-state index in [2.05, 4.69) is 41.7 Å². The lowest BCUT2D eigenvalue weighted by Crippen LogP contribution is -2.00. The molecule has 112 valence electrons. The topological polar surface area (TPSA) is 32.3 Å². The number of hydrogen-bond acceptors (Lipinski definition) is 2. The zero-order chi connectivity index (χ0) is 15.6. The van der Waals surface area contributed by atoms with Crippen molar-refractivity contribution in [3.63, 3.8) is 0 Å². The Balaban J connectivity index is 1.66. The van der Waals surface area contributed by atoms with E-state index in [-0.39, 0.29) is 0 Å². The van der Waals surface area contributed by atoms with Gasteiger partial charge in [-0.15, -0.1) is 0 Å². The minimum atomic E-state index is 0.331. The van der Waals surface area contributed by atoms with Gasteiger partial charge in [0.1, 0.15) is 5.75 Å². The lowest BCUT2D eigenvalue weighted by atomic mass is 10.0. The lowest BCUT2D eigenvalue weighted by Gasteiger charge is -2.12. The molecule has 4 aromatic rings. The maximum absolute atomic E-state index is 10.2. The highest BCUT2D eigenvalue weighted by Crippen LogP contribution is 2.28. The number of rotatable bonds is 3. The summed E-state index contributed by atoms with van der Waals surface area (Å²) >= 11 is 0. The van der Waals surface area contributed by atoms with Gasteiger partial charge in [0.15, 0.2) is 0 Å². The molecule has 0 unspecified atom stereocenters. The Morgan fingerprint density at radius 2 is 1.39 bits per heavy atom. The summed E-state index contributed by atoms with van der Waals surface area (Å²) in [5.41, 5.74) is 1.98. The third-order valence-corrected chi connectivity index (χ3v) is 4.23. The molecule has 0 heterocycles. The van der Waals surface area contributed by atoms with Crippen LogP contribution >= 0.6 is 0 Å². The number of aromatic hydroxyl groups is 1. The van der Waals surface area contributed by atoms with Gasteiger partial charge in [0.25, 0.3) is 0 Å². The van der Waals surface area contributed by atoms with Gasteiger partial charge < -0.3 is 10.4 Å². The van der Waals surface area contributed by atoms with Crippen molar-refractivity contribution in [3.05, 3.63) is 84.4 Å². The summed E-state index contributed by atoms with van der Waals surface area (Å²) in [5, 5.41) is 18.3. The Hall–Kier alpha value is -3.00. The predicted octanol–water partition coefficient (Wildman–Crippen LogP) is 5.31. The van der Waals surface area contributed by atoms with E-state index in [1.807, 2.05) is 36.4 Å². The van der Waals surface area contributed by atoms with Crippen molar-refractivity contribution < 1.29 is 5.11 Å². The number of benzene rings is 4. The minimum Gasteiger partial charge on any atom is -0.508 e. The van der Waals surface area contributed by atoms with Crippen LogP contribution in [0, 0.1) is 0 Å². The second-order valence-electron chi connectivity index (χ2n) is 5.70. The summed E-state index contributed by atoms with van der Waals surface area (Å²) in [5.74, 6) is 0.331. The summed E-state index contributed by atoms with van der Waals surface area (Å²) in [6.45, 7) is 0.589. The molecule has 2 N–H and O–H groups in total. The van der Waals surface area contributed by atoms with Crippen LogP contribution in [0.15, 0.2) is 78.9 Å². The van der Waals surface area contributed by atoms with E-state index in [0.717, 1.165) is 22.0 Å². The molecule has 0 aliphatic carbocycles. The quantitative estimate of drug-likeness (QED) is 0.537. The lowest BCUT2D eigenvalue weighted by molar-refractivity contribution is 0.470. The third kappa shape index (κ3) is 2.59. The summed E-state index contributed by atoms with van der Waals surface area (Å²) in [7, 11) is 0. The zero-order valence-electron chi connectivity index (χ0n) is 12.7. The van der Waals surface area contributed by atoms with Crippen LogP contribution in [-0.2, 0) is 6.54 Å². The Bertz CT molecular complexity index is 991. The molecule has 0 aromatic heterocycles. The van der Waals surface area contributed by atoms with E-state index in [0.29, 0.717) is 12.3 Å². The van der Waals surface area contributed by atoms with Crippen LogP contribution < -0.4 is 5.32 Å². The van der Waals surface area contributed by atoms with Crippen molar-refractivity contribution in [2.75, 3.05) is 5.32 Å². The Labute approximate surface area is 135 Å². The standard InChI is InChI=1S/C21H17NO/c23-21-12-10-16-6-3-4-8-19(16)20(21)14-22-18-11-9-15-5-1-2-7-17(15)13-18/h1-13,22-23H,14H2. The molecule has 0 saturated carbocycles. The molecule has 0 aliphatic rings. The van der Waals surface area contributed by atoms with E-state index in [4.69, 9.17) is 0 Å². The first-order valence-electron chi connectivity index (χ1n) is 7.73. The molecule has 0 spiro atoms. The fourth-order valence-corrected chi connectivity index (χ4v) is 3.00. The molecule has 0 atom stereocenters. The minimum absolute atomic E-state index is 0.331. The number of hydrogen-bond donors (Lipinski definition) is 2. The van der Waals surface area contributed by atoms with Crippen LogP contribution in [0.4, 0.5) is 5.69 Å². The normalized spacial score (nSPS) is 11.0. The molecule has 2 nitrogen and oxygen atoms in total. The maximum atomic E-state index is 10.2. The number of nitrogens with one attached hydrogen (secondary N) is 1. The second kappa shape index (κ2) is 5.65. The van der Waals surface area contributed by atoms with Crippen molar-refractivity contribution in [1.29, 1.82) is 0 Å². The average molecular weight is 299 g/mol. The number of fused-ring (bicyclic) bond motifs is 2. The molecule has 2 heteroatoms. The summed E-state index contributed by atoms with van der Waals surface area (Å²) < 4.78 is 0. The largest absolute Gasteiger partial charge is 0.508 e.